The molecule has 27 heavy (non-hydrogen) atoms. The Morgan fingerprint density at radius 1 is 1.26 bits per heavy atom. The van der Waals surface area contributed by atoms with Crippen LogP contribution in [0.5, 0.6) is 11.5 Å². The molecular weight excluding hydrogens is 368 g/mol. The van der Waals surface area contributed by atoms with Crippen molar-refractivity contribution in [1.29, 1.82) is 0 Å². The number of carbonyl (C=O) groups is 1. The lowest BCUT2D eigenvalue weighted by atomic mass is 10.1. The van der Waals surface area contributed by atoms with Crippen molar-refractivity contribution in [2.24, 2.45) is 0 Å². The van der Waals surface area contributed by atoms with Gasteiger partial charge in [-0.25, -0.2) is 8.42 Å². The predicted octanol–water partition coefficient (Wildman–Crippen LogP) is 1.72. The molecule has 8 heteroatoms. The highest BCUT2D eigenvalue weighted by molar-refractivity contribution is 7.92. The summed E-state index contributed by atoms with van der Waals surface area (Å²) in [6.45, 7) is 2.39. The second-order valence-corrected chi connectivity index (χ2v) is 8.23. The van der Waals surface area contributed by atoms with Crippen molar-refractivity contribution in [3.8, 4) is 11.5 Å². The molecule has 2 aromatic carbocycles. The first-order valence-corrected chi connectivity index (χ1v) is 10.4. The van der Waals surface area contributed by atoms with E-state index in [1.807, 2.05) is 43.3 Å². The number of aryl methyl sites for hydroxylation is 1. The van der Waals surface area contributed by atoms with Crippen LogP contribution in [0, 0.1) is 6.92 Å². The Labute approximate surface area is 158 Å². The average Bonchev–Trinajstić information content (AvgIpc) is 2.64. The molecule has 1 unspecified atom stereocenters. The zero-order chi connectivity index (χ0) is 19.4. The van der Waals surface area contributed by atoms with Crippen LogP contribution in [0.4, 0.5) is 5.69 Å². The summed E-state index contributed by atoms with van der Waals surface area (Å²) >= 11 is 0. The number of benzene rings is 2. The number of nitrogens with zero attached hydrogens (tertiary/aromatic N) is 1. The van der Waals surface area contributed by atoms with E-state index in [1.165, 1.54) is 4.31 Å². The third-order valence-corrected chi connectivity index (χ3v) is 5.24. The van der Waals surface area contributed by atoms with Crippen molar-refractivity contribution in [3.63, 3.8) is 0 Å². The van der Waals surface area contributed by atoms with Crippen molar-refractivity contribution in [3.05, 3.63) is 54.1 Å². The lowest BCUT2D eigenvalue weighted by Crippen LogP contribution is -2.51. The van der Waals surface area contributed by atoms with E-state index in [2.05, 4.69) is 5.32 Å². The minimum Gasteiger partial charge on any atom is -0.492 e. The monoisotopic (exact) mass is 390 g/mol. The molecule has 1 N–H and O–H groups in total. The second-order valence-electron chi connectivity index (χ2n) is 6.32. The standard InChI is InChI=1S/C19H22N2O5S/c1-14-8-9-16-17(12-14)26-18(13-21(16)27(2,23)24)19(22)20-10-11-25-15-6-4-3-5-7-15/h3-9,12,18H,10-11,13H2,1-2H3,(H,20,22). The Morgan fingerprint density at radius 2 is 2.00 bits per heavy atom. The Hall–Kier alpha value is -2.74. The molecule has 1 atom stereocenters. The highest BCUT2D eigenvalue weighted by Crippen LogP contribution is 2.35. The molecule has 0 aliphatic carbocycles. The summed E-state index contributed by atoms with van der Waals surface area (Å²) in [4.78, 5) is 12.5. The van der Waals surface area contributed by atoms with Crippen LogP contribution in [-0.2, 0) is 14.8 Å². The molecule has 1 aliphatic heterocycles. The van der Waals surface area contributed by atoms with Crippen LogP contribution in [0.15, 0.2) is 48.5 Å². The first-order valence-electron chi connectivity index (χ1n) is 8.55. The minimum absolute atomic E-state index is 0.0692. The number of fused-ring (bicyclic) bond motifs is 1. The van der Waals surface area contributed by atoms with Crippen molar-refractivity contribution in [2.75, 3.05) is 30.3 Å². The van der Waals surface area contributed by atoms with Gasteiger partial charge < -0.3 is 14.8 Å². The van der Waals surface area contributed by atoms with Gasteiger partial charge in [0.25, 0.3) is 5.91 Å². The maximum Gasteiger partial charge on any atom is 0.263 e. The van der Waals surface area contributed by atoms with E-state index < -0.39 is 16.1 Å². The summed E-state index contributed by atoms with van der Waals surface area (Å²) in [5, 5.41) is 2.73. The summed E-state index contributed by atoms with van der Waals surface area (Å²) in [6, 6.07) is 14.5. The predicted molar refractivity (Wildman–Crippen MR) is 103 cm³/mol. The van der Waals surface area contributed by atoms with Gasteiger partial charge in [0, 0.05) is 0 Å². The zero-order valence-corrected chi connectivity index (χ0v) is 16.0. The highest BCUT2D eigenvalue weighted by atomic mass is 32.2. The summed E-state index contributed by atoms with van der Waals surface area (Å²) in [5.74, 6) is 0.716. The summed E-state index contributed by atoms with van der Waals surface area (Å²) in [7, 11) is -3.53. The fourth-order valence-corrected chi connectivity index (χ4v) is 3.70. The fourth-order valence-electron chi connectivity index (χ4n) is 2.79. The number of nitrogens with one attached hydrogen (secondary N) is 1. The summed E-state index contributed by atoms with van der Waals surface area (Å²) in [5.41, 5.74) is 1.36. The van der Waals surface area contributed by atoms with Crippen molar-refractivity contribution in [2.45, 2.75) is 13.0 Å². The molecule has 0 radical (unpaired) electrons. The van der Waals surface area contributed by atoms with Crippen LogP contribution in [-0.4, -0.2) is 46.4 Å². The number of hydrogen-bond donors (Lipinski definition) is 1. The highest BCUT2D eigenvalue weighted by Gasteiger charge is 2.34. The van der Waals surface area contributed by atoms with Crippen molar-refractivity contribution in [1.82, 2.24) is 5.32 Å². The third kappa shape index (κ3) is 4.71. The lowest BCUT2D eigenvalue weighted by molar-refractivity contribution is -0.127. The number of sulfonamides is 1. The van der Waals surface area contributed by atoms with E-state index in [1.54, 1.807) is 12.1 Å². The van der Waals surface area contributed by atoms with Crippen LogP contribution in [0.25, 0.3) is 0 Å². The molecule has 2 aromatic rings. The molecule has 0 spiro atoms. The quantitative estimate of drug-likeness (QED) is 0.759. The lowest BCUT2D eigenvalue weighted by Gasteiger charge is -2.34. The second kappa shape index (κ2) is 7.87. The molecular formula is C19H22N2O5S. The number of para-hydroxylation sites is 1. The summed E-state index contributed by atoms with van der Waals surface area (Å²) in [6.07, 6.45) is 0.190. The number of ether oxygens (including phenoxy) is 2. The van der Waals surface area contributed by atoms with Gasteiger partial charge in [-0.2, -0.15) is 0 Å². The van der Waals surface area contributed by atoms with Crippen LogP contribution < -0.4 is 19.1 Å². The molecule has 3 rings (SSSR count). The minimum atomic E-state index is -3.53. The van der Waals surface area contributed by atoms with E-state index in [0.717, 1.165) is 11.8 Å². The number of hydrogen-bond acceptors (Lipinski definition) is 5. The molecule has 7 nitrogen and oxygen atoms in total. The number of amides is 1. The topological polar surface area (TPSA) is 84.9 Å². The van der Waals surface area contributed by atoms with E-state index in [-0.39, 0.29) is 19.0 Å². The number of anilines is 1. The number of rotatable bonds is 6. The Balaban J connectivity index is 1.63. The first kappa shape index (κ1) is 19.0. The van der Waals surface area contributed by atoms with Gasteiger partial charge in [0.1, 0.15) is 18.1 Å². The molecule has 0 aromatic heterocycles. The molecule has 1 amide bonds. The molecule has 144 valence electrons. The molecule has 0 bridgehead atoms. The van der Waals surface area contributed by atoms with Gasteiger partial charge in [-0.05, 0) is 36.8 Å². The van der Waals surface area contributed by atoms with E-state index in [0.29, 0.717) is 23.8 Å². The maximum atomic E-state index is 12.5. The first-order chi connectivity index (χ1) is 12.8. The number of carbonyl (C=O) groups excluding carboxylic acids is 1. The van der Waals surface area contributed by atoms with Crippen molar-refractivity contribution < 1.29 is 22.7 Å². The van der Waals surface area contributed by atoms with E-state index in [9.17, 15) is 13.2 Å². The molecule has 1 heterocycles. The molecule has 0 saturated carbocycles. The van der Waals surface area contributed by atoms with Gasteiger partial charge in [0.15, 0.2) is 6.10 Å². The molecule has 0 fully saturated rings. The van der Waals surface area contributed by atoms with Crippen LogP contribution in [0.3, 0.4) is 0 Å². The van der Waals surface area contributed by atoms with Gasteiger partial charge in [-0.15, -0.1) is 0 Å². The Kier molecular flexibility index (Phi) is 5.55. The van der Waals surface area contributed by atoms with Crippen molar-refractivity contribution >= 4 is 21.6 Å². The smallest absolute Gasteiger partial charge is 0.263 e. The largest absolute Gasteiger partial charge is 0.492 e. The zero-order valence-electron chi connectivity index (χ0n) is 15.2. The van der Waals surface area contributed by atoms with Gasteiger partial charge >= 0.3 is 0 Å². The van der Waals surface area contributed by atoms with Crippen LogP contribution in [0.1, 0.15) is 5.56 Å². The van der Waals surface area contributed by atoms with Gasteiger partial charge in [0.2, 0.25) is 10.0 Å². The van der Waals surface area contributed by atoms with Crippen LogP contribution >= 0.6 is 0 Å². The SMILES string of the molecule is Cc1ccc2c(c1)OC(C(=O)NCCOc1ccccc1)CN2S(C)(=O)=O. The van der Waals surface area contributed by atoms with Gasteiger partial charge in [-0.3, -0.25) is 9.10 Å². The Bertz CT molecular complexity index is 915. The van der Waals surface area contributed by atoms with E-state index in [4.69, 9.17) is 9.47 Å². The Morgan fingerprint density at radius 3 is 2.70 bits per heavy atom. The molecule has 0 saturated heterocycles. The van der Waals surface area contributed by atoms with Gasteiger partial charge in [0.05, 0.1) is 25.0 Å². The third-order valence-electron chi connectivity index (χ3n) is 4.09. The average molecular weight is 390 g/mol. The summed E-state index contributed by atoms with van der Waals surface area (Å²) < 4.78 is 36.8. The maximum absolute atomic E-state index is 12.5. The van der Waals surface area contributed by atoms with Gasteiger partial charge in [-0.1, -0.05) is 24.3 Å². The van der Waals surface area contributed by atoms with E-state index >= 15 is 0 Å². The van der Waals surface area contributed by atoms with Crippen LogP contribution in [0.2, 0.25) is 0 Å². The molecule has 1 aliphatic rings. The normalized spacial score (nSPS) is 16.2. The fraction of sp³-hybridized carbons (Fsp3) is 0.316.